The Labute approximate surface area is 173 Å². The normalized spacial score (nSPS) is 22.6. The van der Waals surface area contributed by atoms with Gasteiger partial charge in [-0.05, 0) is 48.6 Å². The Bertz CT molecular complexity index is 1040. The largest absolute Gasteiger partial charge is 0.422 e. The van der Waals surface area contributed by atoms with E-state index in [2.05, 4.69) is 29.3 Å². The summed E-state index contributed by atoms with van der Waals surface area (Å²) in [6.07, 6.45) is 0.984. The lowest BCUT2D eigenvalue weighted by atomic mass is 9.81. The first-order valence-electron chi connectivity index (χ1n) is 10.7. The second-order valence-electron chi connectivity index (χ2n) is 8.76. The molecule has 1 aliphatic heterocycles. The highest BCUT2D eigenvalue weighted by Gasteiger charge is 2.40. The fourth-order valence-electron chi connectivity index (χ4n) is 4.81. The first-order valence-corrected chi connectivity index (χ1v) is 10.7. The smallest absolute Gasteiger partial charge is 0.371 e. The molecule has 3 heterocycles. The zero-order chi connectivity index (χ0) is 20.9. The van der Waals surface area contributed by atoms with Crippen molar-refractivity contribution in [1.29, 1.82) is 0 Å². The van der Waals surface area contributed by atoms with E-state index in [1.54, 1.807) is 12.3 Å². The number of hydrogen-bond donors (Lipinski definition) is 0. The zero-order valence-corrected chi connectivity index (χ0v) is 16.9. The monoisotopic (exact) mass is 414 g/mol. The maximum absolute atomic E-state index is 14.1. The van der Waals surface area contributed by atoms with Crippen molar-refractivity contribution in [1.82, 2.24) is 14.6 Å². The lowest BCUT2D eigenvalue weighted by Gasteiger charge is -2.39. The number of anilines is 1. The van der Waals surface area contributed by atoms with Crippen LogP contribution in [-0.4, -0.2) is 27.7 Å². The van der Waals surface area contributed by atoms with Crippen LogP contribution in [0, 0.1) is 11.8 Å². The molecule has 1 aromatic carbocycles. The van der Waals surface area contributed by atoms with Crippen molar-refractivity contribution in [2.75, 3.05) is 18.0 Å². The van der Waals surface area contributed by atoms with Crippen LogP contribution in [0.2, 0.25) is 0 Å². The van der Waals surface area contributed by atoms with Gasteiger partial charge in [-0.2, -0.15) is 13.2 Å². The molecule has 5 rings (SSSR count). The van der Waals surface area contributed by atoms with Gasteiger partial charge in [0.15, 0.2) is 5.65 Å². The molecule has 0 amide bonds. The van der Waals surface area contributed by atoms with Crippen molar-refractivity contribution in [2.45, 2.75) is 44.7 Å². The summed E-state index contributed by atoms with van der Waals surface area (Å²) in [6, 6.07) is 11.9. The third-order valence-electron chi connectivity index (χ3n) is 6.55. The Morgan fingerprint density at radius 3 is 2.47 bits per heavy atom. The first kappa shape index (κ1) is 19.4. The summed E-state index contributed by atoms with van der Waals surface area (Å²) < 4.78 is 44.0. The Balaban J connectivity index is 1.48. The van der Waals surface area contributed by atoms with E-state index in [0.29, 0.717) is 37.2 Å². The molecule has 30 heavy (non-hydrogen) atoms. The predicted molar refractivity (Wildman–Crippen MR) is 110 cm³/mol. The van der Waals surface area contributed by atoms with Crippen LogP contribution in [0.4, 0.5) is 18.9 Å². The van der Waals surface area contributed by atoms with E-state index in [0.717, 1.165) is 19.3 Å². The summed E-state index contributed by atoms with van der Waals surface area (Å²) in [5.41, 5.74) is 0.746. The number of alkyl halides is 3. The highest BCUT2D eigenvalue weighted by Crippen LogP contribution is 2.42. The Kier molecular flexibility index (Phi) is 4.71. The molecule has 4 nitrogen and oxygen atoms in total. The van der Waals surface area contributed by atoms with Crippen LogP contribution >= 0.6 is 0 Å². The topological polar surface area (TPSA) is 33.4 Å². The van der Waals surface area contributed by atoms with E-state index in [9.17, 15) is 13.2 Å². The van der Waals surface area contributed by atoms with Crippen LogP contribution in [0.3, 0.4) is 0 Å². The fraction of sp³-hybridized carbons (Fsp3) is 0.478. The SMILES string of the molecule is C[C@H]1CN(c2ccn3c(CC4CC4)nnc3c2C(F)(F)F)CC[C@H]1c1ccccc1. The van der Waals surface area contributed by atoms with Gasteiger partial charge in [0.2, 0.25) is 0 Å². The van der Waals surface area contributed by atoms with Gasteiger partial charge in [0.25, 0.3) is 0 Å². The zero-order valence-electron chi connectivity index (χ0n) is 16.9. The number of halogens is 3. The third-order valence-corrected chi connectivity index (χ3v) is 6.55. The second kappa shape index (κ2) is 7.29. The summed E-state index contributed by atoms with van der Waals surface area (Å²) in [5.74, 6) is 1.77. The van der Waals surface area contributed by atoms with Crippen molar-refractivity contribution in [2.24, 2.45) is 11.8 Å². The fourth-order valence-corrected chi connectivity index (χ4v) is 4.81. The van der Waals surface area contributed by atoms with Crippen molar-refractivity contribution in [3.63, 3.8) is 0 Å². The van der Waals surface area contributed by atoms with E-state index in [1.165, 1.54) is 9.96 Å². The maximum atomic E-state index is 14.1. The van der Waals surface area contributed by atoms with Gasteiger partial charge in [0.1, 0.15) is 11.4 Å². The lowest BCUT2D eigenvalue weighted by molar-refractivity contribution is -0.136. The molecule has 2 atom stereocenters. The molecular weight excluding hydrogens is 389 g/mol. The molecule has 158 valence electrons. The van der Waals surface area contributed by atoms with Gasteiger partial charge in [-0.25, -0.2) is 0 Å². The molecule has 0 N–H and O–H groups in total. The Morgan fingerprint density at radius 1 is 1.03 bits per heavy atom. The molecule has 0 bridgehead atoms. The van der Waals surface area contributed by atoms with E-state index in [1.807, 2.05) is 23.1 Å². The minimum atomic E-state index is -4.48. The number of aromatic nitrogens is 3. The van der Waals surface area contributed by atoms with Crippen LogP contribution in [0.5, 0.6) is 0 Å². The van der Waals surface area contributed by atoms with Crippen LogP contribution in [0.25, 0.3) is 5.65 Å². The van der Waals surface area contributed by atoms with Gasteiger partial charge in [-0.3, -0.25) is 4.40 Å². The van der Waals surface area contributed by atoms with Crippen molar-refractivity contribution in [3.05, 3.63) is 59.5 Å². The van der Waals surface area contributed by atoms with Crippen molar-refractivity contribution < 1.29 is 13.2 Å². The number of hydrogen-bond acceptors (Lipinski definition) is 3. The van der Waals surface area contributed by atoms with Gasteiger partial charge in [-0.15, -0.1) is 10.2 Å². The van der Waals surface area contributed by atoms with Crippen LogP contribution in [0.15, 0.2) is 42.6 Å². The van der Waals surface area contributed by atoms with Crippen LogP contribution in [-0.2, 0) is 12.6 Å². The number of rotatable bonds is 4. The molecule has 0 spiro atoms. The van der Waals surface area contributed by atoms with Gasteiger partial charge >= 0.3 is 6.18 Å². The molecular formula is C23H25F3N4. The molecule has 7 heteroatoms. The number of benzene rings is 1. The van der Waals surface area contributed by atoms with Crippen LogP contribution < -0.4 is 4.90 Å². The molecule has 2 fully saturated rings. The predicted octanol–water partition coefficient (Wildman–Crippen LogP) is 5.33. The van der Waals surface area contributed by atoms with Crippen molar-refractivity contribution >= 4 is 11.3 Å². The number of nitrogens with zero attached hydrogens (tertiary/aromatic N) is 4. The Morgan fingerprint density at radius 2 is 1.80 bits per heavy atom. The average molecular weight is 414 g/mol. The molecule has 0 radical (unpaired) electrons. The minimum Gasteiger partial charge on any atom is -0.371 e. The summed E-state index contributed by atoms with van der Waals surface area (Å²) in [5, 5.41) is 8.07. The van der Waals surface area contributed by atoms with Gasteiger partial charge in [-0.1, -0.05) is 37.3 Å². The highest BCUT2D eigenvalue weighted by atomic mass is 19.4. The van der Waals surface area contributed by atoms with E-state index in [4.69, 9.17) is 0 Å². The van der Waals surface area contributed by atoms with Gasteiger partial charge in [0.05, 0.1) is 5.69 Å². The molecule has 1 aliphatic carbocycles. The molecule has 3 aromatic rings. The average Bonchev–Trinajstić information content (AvgIpc) is 3.45. The van der Waals surface area contributed by atoms with Gasteiger partial charge in [0, 0.05) is 25.7 Å². The standard InChI is InChI=1S/C23H25F3N4/c1-15-14-29(11-9-18(15)17-5-3-2-4-6-17)19-10-12-30-20(13-16-7-8-16)27-28-22(30)21(19)23(24,25)26/h2-6,10,12,15-16,18H,7-9,11,13-14H2,1H3/t15-,18+/m0/s1. The molecule has 0 unspecified atom stereocenters. The first-order chi connectivity index (χ1) is 14.4. The second-order valence-corrected chi connectivity index (χ2v) is 8.76. The summed E-state index contributed by atoms with van der Waals surface area (Å²) >= 11 is 0. The summed E-state index contributed by atoms with van der Waals surface area (Å²) in [6.45, 7) is 3.30. The van der Waals surface area contributed by atoms with E-state index >= 15 is 0 Å². The lowest BCUT2D eigenvalue weighted by Crippen LogP contribution is -2.39. The van der Waals surface area contributed by atoms with Crippen molar-refractivity contribution in [3.8, 4) is 0 Å². The number of fused-ring (bicyclic) bond motifs is 1. The minimum absolute atomic E-state index is 0.0755. The summed E-state index contributed by atoms with van der Waals surface area (Å²) in [7, 11) is 0. The quantitative estimate of drug-likeness (QED) is 0.579. The molecule has 2 aromatic heterocycles. The maximum Gasteiger partial charge on any atom is 0.422 e. The molecule has 1 saturated carbocycles. The van der Waals surface area contributed by atoms with E-state index in [-0.39, 0.29) is 17.3 Å². The molecule has 2 aliphatic rings. The number of piperidine rings is 1. The van der Waals surface area contributed by atoms with Crippen LogP contribution in [0.1, 0.15) is 49.1 Å². The van der Waals surface area contributed by atoms with Gasteiger partial charge < -0.3 is 4.90 Å². The third kappa shape index (κ3) is 3.55. The number of pyridine rings is 1. The molecule has 1 saturated heterocycles. The van der Waals surface area contributed by atoms with E-state index < -0.39 is 11.7 Å². The summed E-state index contributed by atoms with van der Waals surface area (Å²) in [4.78, 5) is 1.88. The highest BCUT2D eigenvalue weighted by molar-refractivity contribution is 5.67. The Hall–Kier alpha value is -2.57.